The van der Waals surface area contributed by atoms with Crippen LogP contribution in [0.5, 0.6) is 0 Å². The Balaban J connectivity index is 1.48. The lowest BCUT2D eigenvalue weighted by Gasteiger charge is -2.42. The maximum atomic E-state index is 5.59. The molecule has 0 radical (unpaired) electrons. The fourth-order valence-electron chi connectivity index (χ4n) is 4.82. The van der Waals surface area contributed by atoms with Crippen LogP contribution in [0.3, 0.4) is 0 Å². The van der Waals surface area contributed by atoms with E-state index in [9.17, 15) is 0 Å². The van der Waals surface area contributed by atoms with Gasteiger partial charge < -0.3 is 19.9 Å². The summed E-state index contributed by atoms with van der Waals surface area (Å²) in [6.07, 6.45) is 0. The molecule has 0 unspecified atom stereocenters. The number of hydrogen-bond acceptors (Lipinski definition) is 5. The van der Waals surface area contributed by atoms with E-state index in [0.29, 0.717) is 18.7 Å². The van der Waals surface area contributed by atoms with Gasteiger partial charge >= 0.3 is 0 Å². The van der Waals surface area contributed by atoms with Crippen LogP contribution in [-0.2, 0) is 17.9 Å². The molecular weight excluding hydrogens is 372 g/mol. The summed E-state index contributed by atoms with van der Waals surface area (Å²) in [6, 6.07) is 18.8. The van der Waals surface area contributed by atoms with Gasteiger partial charge in [-0.15, -0.1) is 0 Å². The first-order valence-electron chi connectivity index (χ1n) is 11.3. The van der Waals surface area contributed by atoms with Gasteiger partial charge in [0.1, 0.15) is 0 Å². The molecule has 1 N–H and O–H groups in total. The van der Waals surface area contributed by atoms with Crippen molar-refractivity contribution in [3.63, 3.8) is 0 Å². The number of hydrogen-bond donors (Lipinski definition) is 1. The Morgan fingerprint density at radius 3 is 2.57 bits per heavy atom. The molecule has 2 atom stereocenters. The second kappa shape index (κ2) is 9.82. The van der Waals surface area contributed by atoms with Crippen molar-refractivity contribution in [3.05, 3.63) is 59.7 Å². The van der Waals surface area contributed by atoms with E-state index in [4.69, 9.17) is 4.74 Å². The molecule has 30 heavy (non-hydrogen) atoms. The van der Waals surface area contributed by atoms with E-state index in [2.05, 4.69) is 82.4 Å². The second-order valence-corrected chi connectivity index (χ2v) is 8.74. The zero-order valence-electron chi connectivity index (χ0n) is 18.7. The van der Waals surface area contributed by atoms with Crippen LogP contribution >= 0.6 is 0 Å². The standard InChI is InChI=1S/C25H36N4O/c1-20-16-26-11-12-29(20)24-9-10-25(23(15-24)19-30-3)28-14-13-27(21(2)17-28)18-22-7-5-4-6-8-22/h4-10,15,20-21,26H,11-14,16-19H2,1-3H3/t20-,21+/m0/s1. The lowest BCUT2D eigenvalue weighted by molar-refractivity contribution is 0.177. The van der Waals surface area contributed by atoms with Crippen LogP contribution < -0.4 is 15.1 Å². The topological polar surface area (TPSA) is 31.0 Å². The molecule has 2 aromatic rings. The smallest absolute Gasteiger partial charge is 0.0734 e. The highest BCUT2D eigenvalue weighted by molar-refractivity contribution is 5.62. The highest BCUT2D eigenvalue weighted by Gasteiger charge is 2.26. The first-order valence-corrected chi connectivity index (χ1v) is 11.3. The summed E-state index contributed by atoms with van der Waals surface area (Å²) in [5.74, 6) is 0. The van der Waals surface area contributed by atoms with Gasteiger partial charge in [0.15, 0.2) is 0 Å². The second-order valence-electron chi connectivity index (χ2n) is 8.74. The van der Waals surface area contributed by atoms with Crippen LogP contribution in [0.2, 0.25) is 0 Å². The Labute approximate surface area is 181 Å². The molecule has 0 spiro atoms. The van der Waals surface area contributed by atoms with Crippen LogP contribution in [0.15, 0.2) is 48.5 Å². The van der Waals surface area contributed by atoms with E-state index < -0.39 is 0 Å². The molecule has 0 amide bonds. The van der Waals surface area contributed by atoms with Gasteiger partial charge in [0.05, 0.1) is 6.61 Å². The number of benzene rings is 2. The molecule has 2 saturated heterocycles. The van der Waals surface area contributed by atoms with Crippen molar-refractivity contribution in [1.82, 2.24) is 10.2 Å². The molecule has 2 aromatic carbocycles. The molecule has 4 rings (SSSR count). The molecule has 2 aliphatic heterocycles. The summed E-state index contributed by atoms with van der Waals surface area (Å²) in [4.78, 5) is 7.66. The van der Waals surface area contributed by atoms with Gasteiger partial charge in [-0.25, -0.2) is 0 Å². The fraction of sp³-hybridized carbons (Fsp3) is 0.520. The molecule has 2 aliphatic rings. The van der Waals surface area contributed by atoms with Crippen molar-refractivity contribution in [3.8, 4) is 0 Å². The molecule has 5 nitrogen and oxygen atoms in total. The highest BCUT2D eigenvalue weighted by atomic mass is 16.5. The average molecular weight is 409 g/mol. The van der Waals surface area contributed by atoms with E-state index in [1.54, 1.807) is 7.11 Å². The minimum absolute atomic E-state index is 0.515. The normalized spacial score (nSPS) is 23.0. The van der Waals surface area contributed by atoms with Gasteiger partial charge in [-0.2, -0.15) is 0 Å². The largest absolute Gasteiger partial charge is 0.380 e. The first-order chi connectivity index (χ1) is 14.7. The van der Waals surface area contributed by atoms with E-state index in [-0.39, 0.29) is 0 Å². The Bertz CT molecular complexity index is 812. The van der Waals surface area contributed by atoms with Gasteiger partial charge in [0.2, 0.25) is 0 Å². The molecule has 2 heterocycles. The van der Waals surface area contributed by atoms with Crippen molar-refractivity contribution in [1.29, 1.82) is 0 Å². The Morgan fingerprint density at radius 1 is 1.00 bits per heavy atom. The van der Waals surface area contributed by atoms with Crippen molar-refractivity contribution < 1.29 is 4.74 Å². The summed E-state index contributed by atoms with van der Waals surface area (Å²) in [6.45, 7) is 12.7. The lowest BCUT2D eigenvalue weighted by atomic mass is 10.1. The molecule has 2 fully saturated rings. The minimum atomic E-state index is 0.515. The van der Waals surface area contributed by atoms with Crippen molar-refractivity contribution in [2.45, 2.75) is 39.1 Å². The number of anilines is 2. The summed E-state index contributed by atoms with van der Waals surface area (Å²) in [5.41, 5.74) is 5.34. The number of piperazine rings is 2. The molecule has 0 aromatic heterocycles. The Hall–Kier alpha value is -2.08. The molecule has 0 aliphatic carbocycles. The Kier molecular flexibility index (Phi) is 6.93. The van der Waals surface area contributed by atoms with Crippen LogP contribution in [-0.4, -0.2) is 63.4 Å². The SMILES string of the molecule is COCc1cc(N2CCNC[C@@H]2C)ccc1N1CCN(Cc2ccccc2)[C@H](C)C1. The summed E-state index contributed by atoms with van der Waals surface area (Å²) >= 11 is 0. The van der Waals surface area contributed by atoms with Crippen LogP contribution in [0.4, 0.5) is 11.4 Å². The molecule has 162 valence electrons. The number of nitrogens with zero attached hydrogens (tertiary/aromatic N) is 3. The maximum Gasteiger partial charge on any atom is 0.0734 e. The number of nitrogens with one attached hydrogen (secondary N) is 1. The van der Waals surface area contributed by atoms with Crippen LogP contribution in [0, 0.1) is 0 Å². The number of ether oxygens (including phenoxy) is 1. The zero-order chi connectivity index (χ0) is 20.9. The van der Waals surface area contributed by atoms with Gasteiger partial charge in [-0.05, 0) is 37.6 Å². The van der Waals surface area contributed by atoms with E-state index >= 15 is 0 Å². The van der Waals surface area contributed by atoms with Gasteiger partial charge in [0.25, 0.3) is 0 Å². The van der Waals surface area contributed by atoms with Gasteiger partial charge in [0, 0.05) is 81.9 Å². The highest BCUT2D eigenvalue weighted by Crippen LogP contribution is 2.30. The summed E-state index contributed by atoms with van der Waals surface area (Å²) < 4.78 is 5.59. The third kappa shape index (κ3) is 4.80. The summed E-state index contributed by atoms with van der Waals surface area (Å²) in [5, 5.41) is 3.48. The van der Waals surface area contributed by atoms with E-state index in [0.717, 1.165) is 45.8 Å². The Morgan fingerprint density at radius 2 is 1.83 bits per heavy atom. The predicted molar refractivity (Wildman–Crippen MR) is 125 cm³/mol. The quantitative estimate of drug-likeness (QED) is 0.792. The monoisotopic (exact) mass is 408 g/mol. The lowest BCUT2D eigenvalue weighted by Crippen LogP contribution is -2.51. The number of rotatable bonds is 6. The first kappa shape index (κ1) is 21.2. The average Bonchev–Trinajstić information content (AvgIpc) is 2.76. The van der Waals surface area contributed by atoms with Crippen LogP contribution in [0.25, 0.3) is 0 Å². The van der Waals surface area contributed by atoms with E-state index in [1.165, 1.54) is 22.5 Å². The number of methoxy groups -OCH3 is 1. The summed E-state index contributed by atoms with van der Waals surface area (Å²) in [7, 11) is 1.80. The predicted octanol–water partition coefficient (Wildman–Crippen LogP) is 3.34. The molecular formula is C25H36N4O. The van der Waals surface area contributed by atoms with Crippen molar-refractivity contribution in [2.24, 2.45) is 0 Å². The van der Waals surface area contributed by atoms with Crippen molar-refractivity contribution in [2.75, 3.05) is 56.2 Å². The van der Waals surface area contributed by atoms with Gasteiger partial charge in [-0.3, -0.25) is 4.90 Å². The zero-order valence-corrected chi connectivity index (χ0v) is 18.7. The van der Waals surface area contributed by atoms with Crippen LogP contribution in [0.1, 0.15) is 25.0 Å². The van der Waals surface area contributed by atoms with Gasteiger partial charge in [-0.1, -0.05) is 30.3 Å². The minimum Gasteiger partial charge on any atom is -0.380 e. The molecule has 5 heteroatoms. The van der Waals surface area contributed by atoms with E-state index in [1.807, 2.05) is 0 Å². The third-order valence-corrected chi connectivity index (χ3v) is 6.53. The maximum absolute atomic E-state index is 5.59. The molecule has 0 saturated carbocycles. The molecule has 0 bridgehead atoms. The van der Waals surface area contributed by atoms with Crippen molar-refractivity contribution >= 4 is 11.4 Å². The fourth-order valence-corrected chi connectivity index (χ4v) is 4.82. The third-order valence-electron chi connectivity index (χ3n) is 6.53.